The van der Waals surface area contributed by atoms with Crippen molar-refractivity contribution >= 4 is 17.7 Å². The number of anilines is 1. The molecule has 0 bridgehead atoms. The molecule has 1 heterocycles. The van der Waals surface area contributed by atoms with E-state index in [-0.39, 0.29) is 12.6 Å². The molecule has 120 valence electrons. The Morgan fingerprint density at radius 1 is 1.41 bits per heavy atom. The third-order valence-electron chi connectivity index (χ3n) is 3.71. The van der Waals surface area contributed by atoms with Gasteiger partial charge in [-0.1, -0.05) is 25.5 Å². The Kier molecular flexibility index (Phi) is 5.63. The molecule has 1 unspecified atom stereocenters. The highest BCUT2D eigenvalue weighted by Gasteiger charge is 2.31. The predicted octanol–water partition coefficient (Wildman–Crippen LogP) is 2.80. The van der Waals surface area contributed by atoms with Gasteiger partial charge in [-0.25, -0.2) is 4.79 Å². The standard InChI is InChI=1S/C16H22N2O4/c1-2-3-10-22-14-7-5-4-6-13(14)17-16(21)18-9-8-12(11-18)15(19)20/h4-7,12H,2-3,8-11H2,1H3,(H,17,21)(H,19,20). The van der Waals surface area contributed by atoms with Crippen molar-refractivity contribution in [3.05, 3.63) is 24.3 Å². The van der Waals surface area contributed by atoms with E-state index in [9.17, 15) is 9.59 Å². The smallest absolute Gasteiger partial charge is 0.321 e. The van der Waals surface area contributed by atoms with E-state index in [0.29, 0.717) is 31.0 Å². The Bertz CT molecular complexity index is 533. The van der Waals surface area contributed by atoms with Crippen molar-refractivity contribution < 1.29 is 19.4 Å². The first-order chi connectivity index (χ1) is 10.6. The van der Waals surface area contributed by atoms with E-state index in [0.717, 1.165) is 12.8 Å². The average Bonchev–Trinajstić information content (AvgIpc) is 2.99. The number of likely N-dealkylation sites (tertiary alicyclic amines) is 1. The third-order valence-corrected chi connectivity index (χ3v) is 3.71. The molecule has 2 amide bonds. The molecule has 0 aliphatic carbocycles. The van der Waals surface area contributed by atoms with Gasteiger partial charge >= 0.3 is 12.0 Å². The highest BCUT2D eigenvalue weighted by Crippen LogP contribution is 2.25. The van der Waals surface area contributed by atoms with Gasteiger partial charge in [0.2, 0.25) is 0 Å². The summed E-state index contributed by atoms with van der Waals surface area (Å²) in [4.78, 5) is 24.7. The Balaban J connectivity index is 1.95. The number of carbonyl (C=O) groups is 2. The van der Waals surface area contributed by atoms with Gasteiger partial charge in [0.15, 0.2) is 0 Å². The van der Waals surface area contributed by atoms with E-state index < -0.39 is 11.9 Å². The van der Waals surface area contributed by atoms with Crippen molar-refractivity contribution in [1.29, 1.82) is 0 Å². The van der Waals surface area contributed by atoms with Crippen LogP contribution in [-0.4, -0.2) is 41.7 Å². The minimum atomic E-state index is -0.849. The highest BCUT2D eigenvalue weighted by molar-refractivity contribution is 5.91. The van der Waals surface area contributed by atoms with Crippen LogP contribution >= 0.6 is 0 Å². The summed E-state index contributed by atoms with van der Waals surface area (Å²) >= 11 is 0. The fourth-order valence-corrected chi connectivity index (χ4v) is 2.36. The van der Waals surface area contributed by atoms with Crippen LogP contribution in [0.1, 0.15) is 26.2 Å². The molecule has 6 heteroatoms. The molecule has 1 aromatic rings. The number of aliphatic carboxylic acids is 1. The van der Waals surface area contributed by atoms with Crippen molar-refractivity contribution in [2.24, 2.45) is 5.92 Å². The Hall–Kier alpha value is -2.24. The zero-order valence-corrected chi connectivity index (χ0v) is 12.7. The number of hydrogen-bond donors (Lipinski definition) is 2. The summed E-state index contributed by atoms with van der Waals surface area (Å²) in [5.41, 5.74) is 0.613. The van der Waals surface area contributed by atoms with Gasteiger partial charge in [0.1, 0.15) is 5.75 Å². The van der Waals surface area contributed by atoms with E-state index in [4.69, 9.17) is 9.84 Å². The molecule has 0 aromatic heterocycles. The van der Waals surface area contributed by atoms with E-state index in [1.807, 2.05) is 18.2 Å². The van der Waals surface area contributed by atoms with Crippen LogP contribution in [0.15, 0.2) is 24.3 Å². The summed E-state index contributed by atoms with van der Waals surface area (Å²) in [5.74, 6) is -0.682. The number of unbranched alkanes of at least 4 members (excludes halogenated alkanes) is 1. The number of nitrogens with one attached hydrogen (secondary N) is 1. The van der Waals surface area contributed by atoms with Gasteiger partial charge in [-0.2, -0.15) is 0 Å². The second-order valence-corrected chi connectivity index (χ2v) is 5.40. The van der Waals surface area contributed by atoms with Crippen LogP contribution in [0.5, 0.6) is 5.75 Å². The number of ether oxygens (including phenoxy) is 1. The highest BCUT2D eigenvalue weighted by atomic mass is 16.5. The van der Waals surface area contributed by atoms with Crippen molar-refractivity contribution in [3.63, 3.8) is 0 Å². The van der Waals surface area contributed by atoms with Crippen LogP contribution in [0.25, 0.3) is 0 Å². The summed E-state index contributed by atoms with van der Waals surface area (Å²) < 4.78 is 5.67. The van der Waals surface area contributed by atoms with Crippen LogP contribution in [0.3, 0.4) is 0 Å². The number of carbonyl (C=O) groups excluding carboxylic acids is 1. The minimum Gasteiger partial charge on any atom is -0.491 e. The minimum absolute atomic E-state index is 0.250. The monoisotopic (exact) mass is 306 g/mol. The summed E-state index contributed by atoms with van der Waals surface area (Å²) in [6.45, 7) is 3.40. The maximum absolute atomic E-state index is 12.2. The molecule has 0 radical (unpaired) electrons. The first-order valence-electron chi connectivity index (χ1n) is 7.62. The van der Waals surface area contributed by atoms with Crippen LogP contribution in [-0.2, 0) is 4.79 Å². The molecule has 1 aliphatic rings. The fraction of sp³-hybridized carbons (Fsp3) is 0.500. The van der Waals surface area contributed by atoms with Crippen LogP contribution in [0, 0.1) is 5.92 Å². The number of para-hydroxylation sites is 2. The van der Waals surface area contributed by atoms with Crippen LogP contribution < -0.4 is 10.1 Å². The van der Waals surface area contributed by atoms with Crippen LogP contribution in [0.2, 0.25) is 0 Å². The lowest BCUT2D eigenvalue weighted by Gasteiger charge is -2.18. The van der Waals surface area contributed by atoms with E-state index in [2.05, 4.69) is 12.2 Å². The molecular weight excluding hydrogens is 284 g/mol. The quantitative estimate of drug-likeness (QED) is 0.792. The molecule has 1 aliphatic heterocycles. The Labute approximate surface area is 130 Å². The number of carboxylic acids is 1. The van der Waals surface area contributed by atoms with E-state index in [1.54, 1.807) is 6.07 Å². The maximum atomic E-state index is 12.2. The lowest BCUT2D eigenvalue weighted by atomic mass is 10.1. The summed E-state index contributed by atoms with van der Waals surface area (Å²) in [6, 6.07) is 6.99. The topological polar surface area (TPSA) is 78.9 Å². The lowest BCUT2D eigenvalue weighted by Crippen LogP contribution is -2.33. The van der Waals surface area contributed by atoms with Crippen molar-refractivity contribution in [2.45, 2.75) is 26.2 Å². The number of hydrogen-bond acceptors (Lipinski definition) is 3. The zero-order valence-electron chi connectivity index (χ0n) is 12.7. The number of nitrogens with zero attached hydrogens (tertiary/aromatic N) is 1. The molecule has 2 N–H and O–H groups in total. The molecule has 1 atom stereocenters. The molecule has 0 spiro atoms. The largest absolute Gasteiger partial charge is 0.491 e. The Morgan fingerprint density at radius 2 is 2.18 bits per heavy atom. The van der Waals surface area contributed by atoms with Gasteiger partial charge in [-0.05, 0) is 25.0 Å². The molecule has 6 nitrogen and oxygen atoms in total. The normalized spacial score (nSPS) is 17.3. The second kappa shape index (κ2) is 7.68. The van der Waals surface area contributed by atoms with E-state index in [1.165, 1.54) is 4.90 Å². The van der Waals surface area contributed by atoms with Crippen LogP contribution in [0.4, 0.5) is 10.5 Å². The molecule has 22 heavy (non-hydrogen) atoms. The number of benzene rings is 1. The number of amides is 2. The van der Waals surface area contributed by atoms with Gasteiger partial charge in [-0.3, -0.25) is 4.79 Å². The van der Waals surface area contributed by atoms with Gasteiger partial charge < -0.3 is 20.1 Å². The lowest BCUT2D eigenvalue weighted by molar-refractivity contribution is -0.141. The number of carboxylic acid groups (broad SMARTS) is 1. The SMILES string of the molecule is CCCCOc1ccccc1NC(=O)N1CCC(C(=O)O)C1. The van der Waals surface area contributed by atoms with Crippen molar-refractivity contribution in [3.8, 4) is 5.75 Å². The molecule has 1 fully saturated rings. The predicted molar refractivity (Wildman–Crippen MR) is 83.2 cm³/mol. The first-order valence-corrected chi connectivity index (χ1v) is 7.62. The van der Waals surface area contributed by atoms with E-state index >= 15 is 0 Å². The first kappa shape index (κ1) is 16.1. The second-order valence-electron chi connectivity index (χ2n) is 5.40. The summed E-state index contributed by atoms with van der Waals surface area (Å²) in [6.07, 6.45) is 2.49. The maximum Gasteiger partial charge on any atom is 0.321 e. The molecule has 1 aromatic carbocycles. The Morgan fingerprint density at radius 3 is 2.86 bits per heavy atom. The summed E-state index contributed by atoms with van der Waals surface area (Å²) in [7, 11) is 0. The number of urea groups is 1. The average molecular weight is 306 g/mol. The zero-order chi connectivity index (χ0) is 15.9. The third kappa shape index (κ3) is 4.13. The molecular formula is C16H22N2O4. The van der Waals surface area contributed by atoms with Gasteiger partial charge in [0, 0.05) is 13.1 Å². The van der Waals surface area contributed by atoms with Crippen molar-refractivity contribution in [1.82, 2.24) is 4.90 Å². The fourth-order valence-electron chi connectivity index (χ4n) is 2.36. The molecule has 2 rings (SSSR count). The van der Waals surface area contributed by atoms with Gasteiger partial charge in [0.05, 0.1) is 18.2 Å². The van der Waals surface area contributed by atoms with Gasteiger partial charge in [0.25, 0.3) is 0 Å². The molecule has 1 saturated heterocycles. The summed E-state index contributed by atoms with van der Waals surface area (Å²) in [5, 5.41) is 11.8. The van der Waals surface area contributed by atoms with Gasteiger partial charge in [-0.15, -0.1) is 0 Å². The van der Waals surface area contributed by atoms with Crippen molar-refractivity contribution in [2.75, 3.05) is 25.0 Å². The number of rotatable bonds is 6. The molecule has 0 saturated carbocycles.